The summed E-state index contributed by atoms with van der Waals surface area (Å²) in [5.41, 5.74) is 2.06. The van der Waals surface area contributed by atoms with E-state index >= 15 is 0 Å². The summed E-state index contributed by atoms with van der Waals surface area (Å²) >= 11 is 0. The molecule has 0 radical (unpaired) electrons. The summed E-state index contributed by atoms with van der Waals surface area (Å²) in [6.07, 6.45) is 0.0842. The summed E-state index contributed by atoms with van der Waals surface area (Å²) in [5, 5.41) is 11.4. The number of rotatable bonds is 7. The summed E-state index contributed by atoms with van der Waals surface area (Å²) < 4.78 is 10.0. The van der Waals surface area contributed by atoms with Gasteiger partial charge >= 0.3 is 5.97 Å². The van der Waals surface area contributed by atoms with Gasteiger partial charge in [-0.15, -0.1) is 0 Å². The van der Waals surface area contributed by atoms with Crippen molar-refractivity contribution in [3.05, 3.63) is 29.3 Å². The Labute approximate surface area is 124 Å². The molecule has 6 nitrogen and oxygen atoms in total. The maximum atomic E-state index is 11.7. The van der Waals surface area contributed by atoms with E-state index in [9.17, 15) is 9.59 Å². The van der Waals surface area contributed by atoms with Gasteiger partial charge < -0.3 is 19.9 Å². The molecule has 1 aromatic carbocycles. The van der Waals surface area contributed by atoms with Gasteiger partial charge in [-0.3, -0.25) is 4.79 Å². The van der Waals surface area contributed by atoms with E-state index in [0.717, 1.165) is 16.9 Å². The molecular weight excluding hydrogens is 274 g/mol. The lowest BCUT2D eigenvalue weighted by molar-refractivity contribution is -0.146. The fourth-order valence-corrected chi connectivity index (χ4v) is 1.70. The van der Waals surface area contributed by atoms with E-state index in [2.05, 4.69) is 10.1 Å². The van der Waals surface area contributed by atoms with Crippen LogP contribution in [-0.2, 0) is 14.3 Å². The summed E-state index contributed by atoms with van der Waals surface area (Å²) in [4.78, 5) is 22.9. The van der Waals surface area contributed by atoms with Crippen LogP contribution in [0.15, 0.2) is 18.2 Å². The van der Waals surface area contributed by atoms with Gasteiger partial charge in [0.25, 0.3) is 0 Å². The monoisotopic (exact) mass is 295 g/mol. The van der Waals surface area contributed by atoms with Gasteiger partial charge in [-0.1, -0.05) is 12.1 Å². The molecular formula is C15H21NO5. The standard InChI is InChI=1S/C15H21NO5/c1-10-4-5-11(2)13(8-10)21-7-6-14(18)16-12(9-17)15(19)20-3/h4-5,8,12,17H,6-7,9H2,1-3H3,(H,16,18). The van der Waals surface area contributed by atoms with Crippen molar-refractivity contribution < 1.29 is 24.2 Å². The van der Waals surface area contributed by atoms with Crippen molar-refractivity contribution in [2.45, 2.75) is 26.3 Å². The number of carbonyl (C=O) groups excluding carboxylic acids is 2. The molecule has 0 saturated carbocycles. The normalized spacial score (nSPS) is 11.6. The molecule has 0 spiro atoms. The zero-order valence-electron chi connectivity index (χ0n) is 12.5. The average molecular weight is 295 g/mol. The van der Waals surface area contributed by atoms with E-state index in [1.165, 1.54) is 7.11 Å². The molecule has 1 amide bonds. The number of hydrogen-bond donors (Lipinski definition) is 2. The van der Waals surface area contributed by atoms with Crippen LogP contribution in [-0.4, -0.2) is 43.3 Å². The van der Waals surface area contributed by atoms with E-state index in [-0.39, 0.29) is 18.9 Å². The first-order chi connectivity index (χ1) is 9.97. The highest BCUT2D eigenvalue weighted by atomic mass is 16.5. The Morgan fingerprint density at radius 3 is 2.67 bits per heavy atom. The first kappa shape index (κ1) is 17.0. The van der Waals surface area contributed by atoms with Crippen molar-refractivity contribution in [3.63, 3.8) is 0 Å². The van der Waals surface area contributed by atoms with Gasteiger partial charge in [0.05, 0.1) is 26.7 Å². The van der Waals surface area contributed by atoms with Crippen LogP contribution in [0.25, 0.3) is 0 Å². The second-order valence-corrected chi connectivity index (χ2v) is 4.69. The lowest BCUT2D eigenvalue weighted by Crippen LogP contribution is -2.44. The van der Waals surface area contributed by atoms with E-state index in [1.807, 2.05) is 32.0 Å². The molecule has 0 fully saturated rings. The number of esters is 1. The predicted molar refractivity (Wildman–Crippen MR) is 77.1 cm³/mol. The van der Waals surface area contributed by atoms with Crippen LogP contribution >= 0.6 is 0 Å². The molecule has 0 aromatic heterocycles. The topological polar surface area (TPSA) is 84.9 Å². The molecule has 1 rings (SSSR count). The number of ether oxygens (including phenoxy) is 2. The second-order valence-electron chi connectivity index (χ2n) is 4.69. The smallest absolute Gasteiger partial charge is 0.330 e. The highest BCUT2D eigenvalue weighted by molar-refractivity contribution is 5.84. The minimum atomic E-state index is -1.04. The summed E-state index contributed by atoms with van der Waals surface area (Å²) in [6.45, 7) is 3.57. The molecule has 1 unspecified atom stereocenters. The highest BCUT2D eigenvalue weighted by Crippen LogP contribution is 2.19. The molecule has 6 heteroatoms. The van der Waals surface area contributed by atoms with Gasteiger partial charge in [-0.2, -0.15) is 0 Å². The molecule has 21 heavy (non-hydrogen) atoms. The first-order valence-electron chi connectivity index (χ1n) is 6.66. The molecule has 0 aliphatic carbocycles. The predicted octanol–water partition coefficient (Wildman–Crippen LogP) is 0.722. The van der Waals surface area contributed by atoms with Gasteiger partial charge in [-0.05, 0) is 31.0 Å². The largest absolute Gasteiger partial charge is 0.493 e. The number of aryl methyl sites for hydroxylation is 2. The lowest BCUT2D eigenvalue weighted by Gasteiger charge is -2.14. The summed E-state index contributed by atoms with van der Waals surface area (Å²) in [6, 6.07) is 4.79. The van der Waals surface area contributed by atoms with E-state index < -0.39 is 18.6 Å². The van der Waals surface area contributed by atoms with Crippen LogP contribution in [0, 0.1) is 13.8 Å². The maximum absolute atomic E-state index is 11.7. The van der Waals surface area contributed by atoms with Gasteiger partial charge in [0.2, 0.25) is 5.91 Å². The molecule has 0 aliphatic heterocycles. The summed E-state index contributed by atoms with van der Waals surface area (Å²) in [7, 11) is 1.20. The van der Waals surface area contributed by atoms with Gasteiger partial charge in [0, 0.05) is 0 Å². The van der Waals surface area contributed by atoms with Crippen molar-refractivity contribution in [2.24, 2.45) is 0 Å². The molecule has 0 bridgehead atoms. The SMILES string of the molecule is COC(=O)C(CO)NC(=O)CCOc1cc(C)ccc1C. The minimum Gasteiger partial charge on any atom is -0.493 e. The maximum Gasteiger partial charge on any atom is 0.330 e. The van der Waals surface area contributed by atoms with Crippen LogP contribution in [0.2, 0.25) is 0 Å². The number of benzene rings is 1. The molecule has 0 heterocycles. The molecule has 0 saturated heterocycles. The van der Waals surface area contributed by atoms with Crippen LogP contribution in [0.1, 0.15) is 17.5 Å². The van der Waals surface area contributed by atoms with Crippen LogP contribution in [0.3, 0.4) is 0 Å². The Morgan fingerprint density at radius 2 is 2.05 bits per heavy atom. The van der Waals surface area contributed by atoms with Crippen molar-refractivity contribution in [3.8, 4) is 5.75 Å². The van der Waals surface area contributed by atoms with Gasteiger partial charge in [-0.25, -0.2) is 4.79 Å². The highest BCUT2D eigenvalue weighted by Gasteiger charge is 2.20. The van der Waals surface area contributed by atoms with Crippen LogP contribution < -0.4 is 10.1 Å². The Kier molecular flexibility index (Phi) is 6.68. The van der Waals surface area contributed by atoms with Gasteiger partial charge in [0.1, 0.15) is 5.75 Å². The number of aliphatic hydroxyl groups excluding tert-OH is 1. The van der Waals surface area contributed by atoms with E-state index in [1.54, 1.807) is 0 Å². The Balaban J connectivity index is 2.43. The number of aliphatic hydroxyl groups is 1. The van der Waals surface area contributed by atoms with Crippen LogP contribution in [0.5, 0.6) is 5.75 Å². The number of methoxy groups -OCH3 is 1. The lowest BCUT2D eigenvalue weighted by atomic mass is 10.1. The Hall–Kier alpha value is -2.08. The number of amides is 1. The third kappa shape index (κ3) is 5.43. The Bertz CT molecular complexity index is 501. The fraction of sp³-hybridized carbons (Fsp3) is 0.467. The van der Waals surface area contributed by atoms with Gasteiger partial charge in [0.15, 0.2) is 6.04 Å². The average Bonchev–Trinajstić information content (AvgIpc) is 2.47. The molecule has 1 aromatic rings. The molecule has 0 aliphatic rings. The van der Waals surface area contributed by atoms with E-state index in [0.29, 0.717) is 0 Å². The zero-order chi connectivity index (χ0) is 15.8. The number of carbonyl (C=O) groups is 2. The summed E-state index contributed by atoms with van der Waals surface area (Å²) in [5.74, 6) is -0.333. The second kappa shape index (κ2) is 8.26. The molecule has 116 valence electrons. The van der Waals surface area contributed by atoms with Crippen molar-refractivity contribution in [1.29, 1.82) is 0 Å². The first-order valence-corrected chi connectivity index (χ1v) is 6.66. The molecule has 2 N–H and O–H groups in total. The minimum absolute atomic E-state index is 0.0842. The Morgan fingerprint density at radius 1 is 1.33 bits per heavy atom. The zero-order valence-corrected chi connectivity index (χ0v) is 12.5. The van der Waals surface area contributed by atoms with E-state index in [4.69, 9.17) is 9.84 Å². The number of nitrogens with one attached hydrogen (secondary N) is 1. The number of hydrogen-bond acceptors (Lipinski definition) is 5. The van der Waals surface area contributed by atoms with Crippen molar-refractivity contribution in [2.75, 3.05) is 20.3 Å². The van der Waals surface area contributed by atoms with Crippen molar-refractivity contribution >= 4 is 11.9 Å². The quantitative estimate of drug-likeness (QED) is 0.724. The third-order valence-corrected chi connectivity index (χ3v) is 2.93. The fourth-order valence-electron chi connectivity index (χ4n) is 1.70. The van der Waals surface area contributed by atoms with Crippen LogP contribution in [0.4, 0.5) is 0 Å². The molecule has 1 atom stereocenters. The third-order valence-electron chi connectivity index (χ3n) is 2.93. The van der Waals surface area contributed by atoms with Crippen molar-refractivity contribution in [1.82, 2.24) is 5.32 Å².